The molecule has 1 aliphatic heterocycles. The summed E-state index contributed by atoms with van der Waals surface area (Å²) in [6.07, 6.45) is -3.41. The first kappa shape index (κ1) is 27.4. The Morgan fingerprint density at radius 3 is 1.82 bits per heavy atom. The Morgan fingerprint density at radius 2 is 1.38 bits per heavy atom. The number of aromatic amines is 1. The normalized spacial score (nSPS) is 22.7. The monoisotopic (exact) mass is 546 g/mol. The van der Waals surface area contributed by atoms with Crippen LogP contribution >= 0.6 is 0 Å². The number of ether oxygens (including phenoxy) is 3. The molecule has 4 N–H and O–H groups in total. The van der Waals surface area contributed by atoms with E-state index in [-0.39, 0.29) is 0 Å². The maximum absolute atomic E-state index is 13.6. The van der Waals surface area contributed by atoms with Gasteiger partial charge in [-0.15, -0.1) is 0 Å². The van der Waals surface area contributed by atoms with Crippen molar-refractivity contribution in [2.75, 3.05) is 20.8 Å². The highest BCUT2D eigenvalue weighted by Gasteiger charge is 2.68. The van der Waals surface area contributed by atoms with Gasteiger partial charge in [-0.05, 0) is 41.0 Å². The third-order valence-electron chi connectivity index (χ3n) is 7.59. The Kier molecular flexibility index (Phi) is 7.35. The van der Waals surface area contributed by atoms with Crippen molar-refractivity contribution >= 4 is 0 Å². The number of methoxy groups -OCH3 is 2. The van der Waals surface area contributed by atoms with Crippen LogP contribution in [0.25, 0.3) is 0 Å². The summed E-state index contributed by atoms with van der Waals surface area (Å²) < 4.78 is 18.4. The summed E-state index contributed by atoms with van der Waals surface area (Å²) in [6.45, 7) is -0.645. The molecule has 0 aliphatic carbocycles. The molecular formula is C30H30N2O8. The van der Waals surface area contributed by atoms with Crippen molar-refractivity contribution in [3.8, 4) is 11.5 Å². The van der Waals surface area contributed by atoms with E-state index in [1.807, 2.05) is 30.3 Å². The SMILES string of the molecule is COc1ccc(C(c2ccccc2)(c2ccc(OC)cc2)[C@@]2(n3ccc(=O)[nH]c3=O)O[C@H](CO)[C@@H](O)[C@H]2O)cc1. The van der Waals surface area contributed by atoms with Gasteiger partial charge in [0.1, 0.15) is 29.8 Å². The minimum atomic E-state index is -2.12. The maximum atomic E-state index is 13.6. The summed E-state index contributed by atoms with van der Waals surface area (Å²) in [6, 6.07) is 24.3. The summed E-state index contributed by atoms with van der Waals surface area (Å²) in [4.78, 5) is 27.9. The van der Waals surface area contributed by atoms with E-state index in [9.17, 15) is 24.9 Å². The second kappa shape index (κ2) is 10.7. The molecule has 10 heteroatoms. The lowest BCUT2D eigenvalue weighted by Crippen LogP contribution is -2.64. The number of aromatic nitrogens is 2. The van der Waals surface area contributed by atoms with Gasteiger partial charge in [0.15, 0.2) is 5.72 Å². The molecule has 4 aromatic rings. The quantitative estimate of drug-likeness (QED) is 0.243. The maximum Gasteiger partial charge on any atom is 0.330 e. The highest BCUT2D eigenvalue weighted by Crippen LogP contribution is 2.56. The second-order valence-electron chi connectivity index (χ2n) is 9.52. The fourth-order valence-electron chi connectivity index (χ4n) is 5.81. The van der Waals surface area contributed by atoms with Gasteiger partial charge in [-0.1, -0.05) is 54.6 Å². The van der Waals surface area contributed by atoms with Crippen molar-refractivity contribution < 1.29 is 29.5 Å². The third-order valence-corrected chi connectivity index (χ3v) is 7.59. The zero-order chi connectivity index (χ0) is 28.5. The Morgan fingerprint density at radius 1 is 0.850 bits per heavy atom. The number of hydrogen-bond acceptors (Lipinski definition) is 8. The van der Waals surface area contributed by atoms with Crippen molar-refractivity contribution in [3.05, 3.63) is 129 Å². The average Bonchev–Trinajstić information content (AvgIpc) is 3.25. The molecule has 0 radical (unpaired) electrons. The number of rotatable bonds is 8. The molecule has 0 bridgehead atoms. The van der Waals surface area contributed by atoms with Gasteiger partial charge < -0.3 is 29.5 Å². The van der Waals surface area contributed by atoms with Crippen LogP contribution in [-0.4, -0.2) is 64.0 Å². The van der Waals surface area contributed by atoms with Crippen LogP contribution in [0, 0.1) is 0 Å². The fraction of sp³-hybridized carbons (Fsp3) is 0.267. The first-order chi connectivity index (χ1) is 19.3. The van der Waals surface area contributed by atoms with Gasteiger partial charge in [0.2, 0.25) is 0 Å². The number of aliphatic hydroxyl groups excluding tert-OH is 3. The lowest BCUT2D eigenvalue weighted by Gasteiger charge is -2.51. The van der Waals surface area contributed by atoms with Crippen LogP contribution < -0.4 is 20.7 Å². The molecule has 0 spiro atoms. The summed E-state index contributed by atoms with van der Waals surface area (Å²) >= 11 is 0. The Bertz CT molecular complexity index is 1520. The van der Waals surface area contributed by atoms with E-state index in [1.54, 1.807) is 48.5 Å². The van der Waals surface area contributed by atoms with Crippen molar-refractivity contribution in [1.82, 2.24) is 9.55 Å². The molecule has 40 heavy (non-hydrogen) atoms. The Hall–Kier alpha value is -4.22. The van der Waals surface area contributed by atoms with E-state index in [0.717, 1.165) is 10.6 Å². The van der Waals surface area contributed by atoms with E-state index in [0.29, 0.717) is 28.2 Å². The summed E-state index contributed by atoms with van der Waals surface area (Å²) in [7, 11) is 3.08. The second-order valence-corrected chi connectivity index (χ2v) is 9.52. The lowest BCUT2D eigenvalue weighted by molar-refractivity contribution is -0.180. The molecule has 2 heterocycles. The smallest absolute Gasteiger partial charge is 0.330 e. The van der Waals surface area contributed by atoms with Crippen molar-refractivity contribution in [2.45, 2.75) is 29.5 Å². The van der Waals surface area contributed by atoms with E-state index in [2.05, 4.69) is 4.98 Å². The molecule has 1 saturated heterocycles. The zero-order valence-corrected chi connectivity index (χ0v) is 21.9. The molecule has 0 unspecified atom stereocenters. The van der Waals surface area contributed by atoms with Crippen LogP contribution in [0.3, 0.4) is 0 Å². The van der Waals surface area contributed by atoms with Crippen molar-refractivity contribution in [1.29, 1.82) is 0 Å². The molecule has 208 valence electrons. The molecule has 3 aromatic carbocycles. The lowest BCUT2D eigenvalue weighted by atomic mass is 9.60. The Balaban J connectivity index is 2.02. The van der Waals surface area contributed by atoms with Crippen LogP contribution in [-0.2, 0) is 15.9 Å². The van der Waals surface area contributed by atoms with Gasteiger partial charge >= 0.3 is 5.69 Å². The molecule has 5 rings (SSSR count). The first-order valence-corrected chi connectivity index (χ1v) is 12.6. The van der Waals surface area contributed by atoms with Crippen LogP contribution in [0.1, 0.15) is 16.7 Å². The van der Waals surface area contributed by atoms with Gasteiger partial charge in [-0.3, -0.25) is 14.3 Å². The van der Waals surface area contributed by atoms with E-state index in [4.69, 9.17) is 14.2 Å². The third kappa shape index (κ3) is 4.04. The average molecular weight is 547 g/mol. The summed E-state index contributed by atoms with van der Waals surface area (Å²) in [5.41, 5.74) is -3.49. The number of benzene rings is 3. The number of H-pyrrole nitrogens is 1. The Labute approximate surface area is 229 Å². The molecule has 1 aliphatic rings. The number of nitrogens with one attached hydrogen (secondary N) is 1. The topological polar surface area (TPSA) is 143 Å². The standard InChI is InChI=1S/C30H30N2O8/c1-38-22-12-8-20(9-13-22)29(19-6-4-3-5-7-19,21-10-14-23(39-2)15-11-21)30(27(36)26(35)24(18-33)40-30)32-17-16-25(34)31-28(32)37/h3-17,24,26-27,33,35-36H,18H2,1-2H3,(H,31,34,37)/t24-,26-,27-,30+/m1/s1. The van der Waals surface area contributed by atoms with E-state index < -0.39 is 47.3 Å². The zero-order valence-electron chi connectivity index (χ0n) is 21.9. The molecule has 10 nitrogen and oxygen atoms in total. The minimum Gasteiger partial charge on any atom is -0.497 e. The molecule has 1 fully saturated rings. The van der Waals surface area contributed by atoms with Gasteiger partial charge in [-0.2, -0.15) is 0 Å². The van der Waals surface area contributed by atoms with Gasteiger partial charge in [0.25, 0.3) is 5.56 Å². The fourth-order valence-corrected chi connectivity index (χ4v) is 5.81. The molecule has 0 saturated carbocycles. The number of aliphatic hydroxyl groups is 3. The van der Waals surface area contributed by atoms with E-state index in [1.165, 1.54) is 20.4 Å². The van der Waals surface area contributed by atoms with Crippen LogP contribution in [0.5, 0.6) is 11.5 Å². The van der Waals surface area contributed by atoms with Crippen molar-refractivity contribution in [2.24, 2.45) is 0 Å². The van der Waals surface area contributed by atoms with Gasteiger partial charge in [0.05, 0.1) is 26.2 Å². The highest BCUT2D eigenvalue weighted by molar-refractivity contribution is 5.56. The van der Waals surface area contributed by atoms with Crippen molar-refractivity contribution in [3.63, 3.8) is 0 Å². The van der Waals surface area contributed by atoms with Crippen LogP contribution in [0.15, 0.2) is 101 Å². The number of hydrogen-bond donors (Lipinski definition) is 4. The summed E-state index contributed by atoms with van der Waals surface area (Å²) in [5, 5.41) is 33.4. The van der Waals surface area contributed by atoms with Crippen LogP contribution in [0.4, 0.5) is 0 Å². The predicted molar refractivity (Wildman–Crippen MR) is 146 cm³/mol. The minimum absolute atomic E-state index is 0.563. The highest BCUT2D eigenvalue weighted by atomic mass is 16.6. The van der Waals surface area contributed by atoms with Crippen LogP contribution in [0.2, 0.25) is 0 Å². The van der Waals surface area contributed by atoms with Gasteiger partial charge in [0, 0.05) is 12.3 Å². The number of nitrogens with zero attached hydrogens (tertiary/aromatic N) is 1. The van der Waals surface area contributed by atoms with Gasteiger partial charge in [-0.25, -0.2) is 4.79 Å². The first-order valence-electron chi connectivity index (χ1n) is 12.6. The summed E-state index contributed by atoms with van der Waals surface area (Å²) in [5.74, 6) is 1.13. The molecule has 4 atom stereocenters. The molecule has 0 amide bonds. The molecular weight excluding hydrogens is 516 g/mol. The predicted octanol–water partition coefficient (Wildman–Crippen LogP) is 1.35. The molecule has 1 aromatic heterocycles. The van der Waals surface area contributed by atoms with E-state index >= 15 is 0 Å². The largest absolute Gasteiger partial charge is 0.497 e.